The van der Waals surface area contributed by atoms with E-state index in [1.165, 1.54) is 16.7 Å². The molecule has 0 aliphatic heterocycles. The van der Waals surface area contributed by atoms with E-state index in [9.17, 15) is 10.2 Å². The Kier molecular flexibility index (Phi) is 8.44. The Hall–Kier alpha value is -1.12. The summed E-state index contributed by atoms with van der Waals surface area (Å²) in [7, 11) is 0. The smallest absolute Gasteiger partial charge is 0.0793 e. The molecule has 0 unspecified atom stereocenters. The van der Waals surface area contributed by atoms with Crippen molar-refractivity contribution in [2.75, 3.05) is 6.61 Å². The minimum absolute atomic E-state index is 0.0178. The van der Waals surface area contributed by atoms with Gasteiger partial charge in [-0.1, -0.05) is 34.9 Å². The van der Waals surface area contributed by atoms with Crippen molar-refractivity contribution in [2.45, 2.75) is 72.3 Å². The molecule has 1 aliphatic rings. The molecule has 0 aromatic carbocycles. The van der Waals surface area contributed by atoms with E-state index in [0.717, 1.165) is 43.3 Å². The highest BCUT2D eigenvalue weighted by Gasteiger charge is 2.13. The molecule has 0 heterocycles. The molecular formula is C20H32O2. The van der Waals surface area contributed by atoms with Crippen molar-refractivity contribution in [3.05, 3.63) is 46.1 Å². The molecule has 0 amide bonds. The zero-order valence-corrected chi connectivity index (χ0v) is 14.7. The van der Waals surface area contributed by atoms with Gasteiger partial charge in [-0.15, -0.1) is 0 Å². The molecule has 0 radical (unpaired) electrons. The van der Waals surface area contributed by atoms with Crippen LogP contribution >= 0.6 is 0 Å². The maximum Gasteiger partial charge on any atom is 0.0793 e. The summed E-state index contributed by atoms with van der Waals surface area (Å²) in [4.78, 5) is 0. The van der Waals surface area contributed by atoms with Crippen LogP contribution in [0.4, 0.5) is 0 Å². The normalized spacial score (nSPS) is 31.9. The molecule has 22 heavy (non-hydrogen) atoms. The van der Waals surface area contributed by atoms with E-state index in [0.29, 0.717) is 6.42 Å². The van der Waals surface area contributed by atoms with Gasteiger partial charge in [0.05, 0.1) is 12.7 Å². The lowest BCUT2D eigenvalue weighted by molar-refractivity contribution is 0.204. The van der Waals surface area contributed by atoms with Crippen LogP contribution in [0.1, 0.15) is 66.2 Å². The summed E-state index contributed by atoms with van der Waals surface area (Å²) in [5.74, 6) is 0. The maximum absolute atomic E-state index is 10.5. The number of aliphatic hydroxyl groups excluding tert-OH is 2. The predicted molar refractivity (Wildman–Crippen MR) is 94.8 cm³/mol. The molecule has 0 bridgehead atoms. The Morgan fingerprint density at radius 3 is 2.14 bits per heavy atom. The first-order valence-corrected chi connectivity index (χ1v) is 8.38. The van der Waals surface area contributed by atoms with Gasteiger partial charge in [0.25, 0.3) is 0 Å². The predicted octanol–water partition coefficient (Wildman–Crippen LogP) is 4.85. The van der Waals surface area contributed by atoms with Crippen molar-refractivity contribution in [3.63, 3.8) is 0 Å². The summed E-state index contributed by atoms with van der Waals surface area (Å²) in [5, 5.41) is 20.0. The third-order valence-electron chi connectivity index (χ3n) is 4.44. The van der Waals surface area contributed by atoms with Crippen LogP contribution < -0.4 is 0 Å². The third kappa shape index (κ3) is 6.76. The van der Waals surface area contributed by atoms with E-state index in [2.05, 4.69) is 39.0 Å². The summed E-state index contributed by atoms with van der Waals surface area (Å²) in [6.07, 6.45) is 11.9. The van der Waals surface area contributed by atoms with Crippen LogP contribution in [0.25, 0.3) is 0 Å². The lowest BCUT2D eigenvalue weighted by Crippen LogP contribution is -2.14. The summed E-state index contributed by atoms with van der Waals surface area (Å²) >= 11 is 0. The third-order valence-corrected chi connectivity index (χ3v) is 4.44. The first kappa shape index (κ1) is 18.9. The second kappa shape index (κ2) is 9.81. The molecule has 124 valence electrons. The van der Waals surface area contributed by atoms with Crippen LogP contribution in [0, 0.1) is 0 Å². The maximum atomic E-state index is 10.5. The Morgan fingerprint density at radius 2 is 1.55 bits per heavy atom. The summed E-state index contributed by atoms with van der Waals surface area (Å²) in [6, 6.07) is 0. The average Bonchev–Trinajstić information content (AvgIpc) is 2.46. The quantitative estimate of drug-likeness (QED) is 0.680. The fourth-order valence-electron chi connectivity index (χ4n) is 2.79. The molecule has 2 N–H and O–H groups in total. The summed E-state index contributed by atoms with van der Waals surface area (Å²) in [6.45, 7) is 8.37. The van der Waals surface area contributed by atoms with Gasteiger partial charge in [0, 0.05) is 0 Å². The van der Waals surface area contributed by atoms with Gasteiger partial charge in [-0.25, -0.2) is 0 Å². The first-order valence-electron chi connectivity index (χ1n) is 8.38. The summed E-state index contributed by atoms with van der Waals surface area (Å²) in [5.41, 5.74) is 5.89. The molecule has 0 spiro atoms. The largest absolute Gasteiger partial charge is 0.392 e. The number of hydrogen-bond donors (Lipinski definition) is 2. The van der Waals surface area contributed by atoms with Crippen LogP contribution in [0.2, 0.25) is 0 Å². The van der Waals surface area contributed by atoms with Gasteiger partial charge in [0.1, 0.15) is 0 Å². The van der Waals surface area contributed by atoms with E-state index < -0.39 is 6.10 Å². The van der Waals surface area contributed by atoms with Gasteiger partial charge in [-0.3, -0.25) is 0 Å². The van der Waals surface area contributed by atoms with Crippen LogP contribution in [-0.4, -0.2) is 22.9 Å². The standard InChI is InChI=1S/C20H32O2/c1-15-7-5-9-16(2)11-12-19(18(4)14-21)20(22)13-17(3)10-6-8-15/h7,10-11,20-22H,5-6,8-9,12-14H2,1-4H3/b15-7+,16-11+,17-10+,19-18-/t20-/m0/s1. The van der Waals surface area contributed by atoms with Gasteiger partial charge < -0.3 is 10.2 Å². The molecule has 0 aromatic heterocycles. The first-order chi connectivity index (χ1) is 10.4. The number of rotatable bonds is 1. The van der Waals surface area contributed by atoms with Gasteiger partial charge in [-0.05, 0) is 77.4 Å². The zero-order valence-electron chi connectivity index (χ0n) is 14.7. The van der Waals surface area contributed by atoms with Crippen LogP contribution in [-0.2, 0) is 0 Å². The van der Waals surface area contributed by atoms with E-state index in [4.69, 9.17) is 0 Å². The highest BCUT2D eigenvalue weighted by atomic mass is 16.3. The molecule has 0 aromatic rings. The number of allylic oxidation sites excluding steroid dienone is 5. The molecule has 1 rings (SSSR count). The summed E-state index contributed by atoms with van der Waals surface area (Å²) < 4.78 is 0. The monoisotopic (exact) mass is 304 g/mol. The molecule has 0 saturated heterocycles. The van der Waals surface area contributed by atoms with Crippen molar-refractivity contribution in [1.29, 1.82) is 0 Å². The van der Waals surface area contributed by atoms with Crippen LogP contribution in [0.3, 0.4) is 0 Å². The number of hydrogen-bond acceptors (Lipinski definition) is 2. The molecule has 1 aliphatic carbocycles. The molecule has 2 heteroatoms. The fraction of sp³-hybridized carbons (Fsp3) is 0.600. The highest BCUT2D eigenvalue weighted by Crippen LogP contribution is 2.22. The molecule has 0 saturated carbocycles. The molecule has 2 nitrogen and oxygen atoms in total. The van der Waals surface area contributed by atoms with E-state index >= 15 is 0 Å². The Morgan fingerprint density at radius 1 is 1.00 bits per heavy atom. The zero-order chi connectivity index (χ0) is 16.5. The molecule has 1 atom stereocenters. The Labute approximate surface area is 135 Å². The topological polar surface area (TPSA) is 40.5 Å². The minimum Gasteiger partial charge on any atom is -0.392 e. The lowest BCUT2D eigenvalue weighted by Gasteiger charge is -2.18. The van der Waals surface area contributed by atoms with Crippen LogP contribution in [0.15, 0.2) is 46.1 Å². The minimum atomic E-state index is -0.493. The second-order valence-corrected chi connectivity index (χ2v) is 6.62. The van der Waals surface area contributed by atoms with Crippen molar-refractivity contribution < 1.29 is 10.2 Å². The SMILES string of the molecule is C/C(CO)=C1\C/C=C(\C)CC/C=C(\C)CC/C=C(\C)C[C@@H]1O. The van der Waals surface area contributed by atoms with E-state index in [-0.39, 0.29) is 6.61 Å². The van der Waals surface area contributed by atoms with Gasteiger partial charge in [0.2, 0.25) is 0 Å². The molecule has 0 fully saturated rings. The van der Waals surface area contributed by atoms with Gasteiger partial charge in [0.15, 0.2) is 0 Å². The highest BCUT2D eigenvalue weighted by molar-refractivity contribution is 5.23. The van der Waals surface area contributed by atoms with Crippen molar-refractivity contribution >= 4 is 0 Å². The lowest BCUT2D eigenvalue weighted by atomic mass is 9.93. The van der Waals surface area contributed by atoms with E-state index in [1.807, 2.05) is 6.92 Å². The van der Waals surface area contributed by atoms with Gasteiger partial charge in [-0.2, -0.15) is 0 Å². The van der Waals surface area contributed by atoms with Gasteiger partial charge >= 0.3 is 0 Å². The Bertz CT molecular complexity index is 478. The fourth-order valence-corrected chi connectivity index (χ4v) is 2.79. The second-order valence-electron chi connectivity index (χ2n) is 6.62. The van der Waals surface area contributed by atoms with Crippen molar-refractivity contribution in [1.82, 2.24) is 0 Å². The Balaban J connectivity index is 3.01. The van der Waals surface area contributed by atoms with Crippen molar-refractivity contribution in [3.8, 4) is 0 Å². The molecular weight excluding hydrogens is 272 g/mol. The number of aliphatic hydroxyl groups is 2. The average molecular weight is 304 g/mol. The van der Waals surface area contributed by atoms with Crippen molar-refractivity contribution in [2.24, 2.45) is 0 Å². The van der Waals surface area contributed by atoms with E-state index in [1.54, 1.807) is 0 Å². The van der Waals surface area contributed by atoms with Crippen LogP contribution in [0.5, 0.6) is 0 Å².